The van der Waals surface area contributed by atoms with E-state index in [1.165, 1.54) is 4.43 Å². The van der Waals surface area contributed by atoms with E-state index in [2.05, 4.69) is 40.6 Å². The first kappa shape index (κ1) is 11.5. The Morgan fingerprint density at radius 3 is 2.42 bits per heavy atom. The number of hydrogen-bond acceptors (Lipinski definition) is 1. The van der Waals surface area contributed by atoms with Crippen molar-refractivity contribution in [3.63, 3.8) is 0 Å². The SMILES string of the molecule is CCI.CCc1cc(C#N)c[nH]1. The third kappa shape index (κ3) is 4.39. The van der Waals surface area contributed by atoms with Gasteiger partial charge in [0.25, 0.3) is 0 Å². The Kier molecular flexibility index (Phi) is 6.87. The van der Waals surface area contributed by atoms with E-state index in [0.29, 0.717) is 5.56 Å². The fourth-order valence-corrected chi connectivity index (χ4v) is 0.710. The van der Waals surface area contributed by atoms with Crippen LogP contribution in [0, 0.1) is 11.3 Å². The van der Waals surface area contributed by atoms with Crippen LogP contribution in [0.5, 0.6) is 0 Å². The molecule has 2 nitrogen and oxygen atoms in total. The second-order valence-corrected chi connectivity index (χ2v) is 3.67. The van der Waals surface area contributed by atoms with Crippen LogP contribution in [0.15, 0.2) is 12.3 Å². The maximum absolute atomic E-state index is 8.38. The summed E-state index contributed by atoms with van der Waals surface area (Å²) < 4.78 is 1.22. The minimum atomic E-state index is 0.715. The molecule has 1 aromatic rings. The molecule has 0 aliphatic carbocycles. The molecule has 0 aliphatic rings. The quantitative estimate of drug-likeness (QED) is 0.621. The average Bonchev–Trinajstić information content (AvgIpc) is 2.53. The van der Waals surface area contributed by atoms with E-state index in [1.54, 1.807) is 6.20 Å². The van der Waals surface area contributed by atoms with Gasteiger partial charge in [-0.3, -0.25) is 0 Å². The van der Waals surface area contributed by atoms with Gasteiger partial charge in [0.05, 0.1) is 5.56 Å². The smallest absolute Gasteiger partial charge is 0.101 e. The summed E-state index contributed by atoms with van der Waals surface area (Å²) in [6.07, 6.45) is 2.68. The van der Waals surface area contributed by atoms with Gasteiger partial charge in [-0.05, 0) is 16.9 Å². The summed E-state index contributed by atoms with van der Waals surface area (Å²) in [5.41, 5.74) is 1.83. The predicted molar refractivity (Wildman–Crippen MR) is 59.4 cm³/mol. The van der Waals surface area contributed by atoms with E-state index in [0.717, 1.165) is 12.1 Å². The van der Waals surface area contributed by atoms with Crippen LogP contribution in [0.25, 0.3) is 0 Å². The first-order valence-electron chi connectivity index (χ1n) is 3.91. The molecule has 0 atom stereocenters. The molecular weight excluding hydrogens is 263 g/mol. The van der Waals surface area contributed by atoms with Crippen molar-refractivity contribution in [1.82, 2.24) is 4.98 Å². The fourth-order valence-electron chi connectivity index (χ4n) is 0.710. The molecule has 0 aromatic carbocycles. The number of H-pyrrole nitrogens is 1. The molecule has 1 N–H and O–H groups in total. The van der Waals surface area contributed by atoms with Crippen LogP contribution >= 0.6 is 22.6 Å². The summed E-state index contributed by atoms with van der Waals surface area (Å²) in [5, 5.41) is 8.38. The van der Waals surface area contributed by atoms with Gasteiger partial charge in [0, 0.05) is 11.9 Å². The van der Waals surface area contributed by atoms with Crippen molar-refractivity contribution in [3.05, 3.63) is 23.5 Å². The maximum Gasteiger partial charge on any atom is 0.101 e. The molecule has 1 aromatic heterocycles. The Morgan fingerprint density at radius 1 is 1.58 bits per heavy atom. The zero-order valence-corrected chi connectivity index (χ0v) is 9.55. The van der Waals surface area contributed by atoms with Crippen molar-refractivity contribution in [2.75, 3.05) is 4.43 Å². The van der Waals surface area contributed by atoms with Gasteiger partial charge in [0.1, 0.15) is 6.07 Å². The Bertz CT molecular complexity index is 247. The highest BCUT2D eigenvalue weighted by molar-refractivity contribution is 14.1. The number of nitrogens with zero attached hydrogens (tertiary/aromatic N) is 1. The zero-order valence-electron chi connectivity index (χ0n) is 7.39. The van der Waals surface area contributed by atoms with Gasteiger partial charge in [-0.2, -0.15) is 5.26 Å². The highest BCUT2D eigenvalue weighted by Gasteiger charge is 1.92. The number of nitrogens with one attached hydrogen (secondary N) is 1. The van der Waals surface area contributed by atoms with E-state index >= 15 is 0 Å². The standard InChI is InChI=1S/C7H8N2.C2H5I/c1-2-7-3-6(4-8)5-9-7;1-2-3/h3,5,9H,2H2,1H3;2H2,1H3. The van der Waals surface area contributed by atoms with Crippen LogP contribution in [-0.4, -0.2) is 9.41 Å². The van der Waals surface area contributed by atoms with Crippen molar-refractivity contribution in [3.8, 4) is 6.07 Å². The van der Waals surface area contributed by atoms with E-state index in [1.807, 2.05) is 13.0 Å². The minimum absolute atomic E-state index is 0.715. The van der Waals surface area contributed by atoms with Gasteiger partial charge in [0.2, 0.25) is 0 Å². The summed E-state index contributed by atoms with van der Waals surface area (Å²) >= 11 is 2.29. The number of halogens is 1. The number of aromatic amines is 1. The van der Waals surface area contributed by atoms with E-state index in [-0.39, 0.29) is 0 Å². The van der Waals surface area contributed by atoms with Gasteiger partial charge in [-0.15, -0.1) is 0 Å². The monoisotopic (exact) mass is 276 g/mol. The lowest BCUT2D eigenvalue weighted by Crippen LogP contribution is -1.73. The van der Waals surface area contributed by atoms with Crippen molar-refractivity contribution in [2.24, 2.45) is 0 Å². The van der Waals surface area contributed by atoms with Crippen LogP contribution in [0.2, 0.25) is 0 Å². The Hall–Kier alpha value is -0.500. The molecule has 0 saturated carbocycles. The number of aryl methyl sites for hydroxylation is 1. The lowest BCUT2D eigenvalue weighted by Gasteiger charge is -1.81. The molecule has 0 unspecified atom stereocenters. The molecule has 3 heteroatoms. The molecule has 1 heterocycles. The molecule has 0 amide bonds. The van der Waals surface area contributed by atoms with Crippen LogP contribution in [-0.2, 0) is 6.42 Å². The Morgan fingerprint density at radius 2 is 2.17 bits per heavy atom. The number of hydrogen-bond donors (Lipinski definition) is 1. The molecule has 0 aliphatic heterocycles. The van der Waals surface area contributed by atoms with Crippen LogP contribution in [0.4, 0.5) is 0 Å². The first-order valence-corrected chi connectivity index (χ1v) is 5.44. The molecule has 12 heavy (non-hydrogen) atoms. The highest BCUT2D eigenvalue weighted by atomic mass is 127. The topological polar surface area (TPSA) is 39.6 Å². The summed E-state index contributed by atoms with van der Waals surface area (Å²) in [7, 11) is 0. The second-order valence-electron chi connectivity index (χ2n) is 2.15. The van der Waals surface area contributed by atoms with E-state index in [9.17, 15) is 0 Å². The highest BCUT2D eigenvalue weighted by Crippen LogP contribution is 2.00. The number of alkyl halides is 1. The number of aromatic nitrogens is 1. The average molecular weight is 276 g/mol. The Balaban J connectivity index is 0.000000354. The third-order valence-electron chi connectivity index (χ3n) is 1.25. The molecule has 66 valence electrons. The molecule has 1 rings (SSSR count). The first-order chi connectivity index (χ1) is 5.78. The van der Waals surface area contributed by atoms with Crippen LogP contribution in [0.1, 0.15) is 25.1 Å². The molecule has 0 bridgehead atoms. The summed E-state index contributed by atoms with van der Waals surface area (Å²) in [6, 6.07) is 3.91. The normalized spacial score (nSPS) is 8.17. The minimum Gasteiger partial charge on any atom is -0.364 e. The number of nitriles is 1. The summed E-state index contributed by atoms with van der Waals surface area (Å²) in [6.45, 7) is 4.16. The van der Waals surface area contributed by atoms with Crippen LogP contribution in [0.3, 0.4) is 0 Å². The van der Waals surface area contributed by atoms with E-state index < -0.39 is 0 Å². The molecule has 0 fully saturated rings. The predicted octanol–water partition coefficient (Wildman–Crippen LogP) is 2.89. The fraction of sp³-hybridized carbons (Fsp3) is 0.444. The lowest BCUT2D eigenvalue weighted by molar-refractivity contribution is 1.06. The van der Waals surface area contributed by atoms with Gasteiger partial charge in [-0.1, -0.05) is 36.4 Å². The second kappa shape index (κ2) is 7.17. The van der Waals surface area contributed by atoms with Gasteiger partial charge >= 0.3 is 0 Å². The van der Waals surface area contributed by atoms with Crippen molar-refractivity contribution in [2.45, 2.75) is 20.3 Å². The van der Waals surface area contributed by atoms with Crippen molar-refractivity contribution >= 4 is 22.6 Å². The zero-order chi connectivity index (χ0) is 9.40. The molecule has 0 saturated heterocycles. The molecule has 0 radical (unpaired) electrons. The molecule has 0 spiro atoms. The van der Waals surface area contributed by atoms with Crippen LogP contribution < -0.4 is 0 Å². The van der Waals surface area contributed by atoms with E-state index in [4.69, 9.17) is 5.26 Å². The molecular formula is C9H13IN2. The number of rotatable bonds is 1. The van der Waals surface area contributed by atoms with Crippen molar-refractivity contribution < 1.29 is 0 Å². The van der Waals surface area contributed by atoms with Gasteiger partial charge < -0.3 is 4.98 Å². The lowest BCUT2D eigenvalue weighted by atomic mass is 10.3. The maximum atomic E-state index is 8.38. The Labute approximate surface area is 87.1 Å². The van der Waals surface area contributed by atoms with Gasteiger partial charge in [0.15, 0.2) is 0 Å². The van der Waals surface area contributed by atoms with Crippen molar-refractivity contribution in [1.29, 1.82) is 5.26 Å². The third-order valence-corrected chi connectivity index (χ3v) is 1.25. The largest absolute Gasteiger partial charge is 0.364 e. The summed E-state index contributed by atoms with van der Waals surface area (Å²) in [5.74, 6) is 0. The van der Waals surface area contributed by atoms with Gasteiger partial charge in [-0.25, -0.2) is 0 Å². The summed E-state index contributed by atoms with van der Waals surface area (Å²) in [4.78, 5) is 2.98.